The number of aliphatic hydroxyl groups excluding tert-OH is 2. The molecule has 0 aromatic rings. The van der Waals surface area contributed by atoms with E-state index in [2.05, 4.69) is 13.8 Å². The molecule has 1 rings (SSSR count). The van der Waals surface area contributed by atoms with Crippen LogP contribution in [0.2, 0.25) is 0 Å². The minimum atomic E-state index is -1.12. The average Bonchev–Trinajstić information content (AvgIpc) is 2.96. The van der Waals surface area contributed by atoms with Gasteiger partial charge in [0.2, 0.25) is 0 Å². The molecule has 1 fully saturated rings. The molecule has 0 amide bonds. The molecule has 6 nitrogen and oxygen atoms in total. The van der Waals surface area contributed by atoms with Crippen molar-refractivity contribution in [2.24, 2.45) is 5.73 Å². The molecular formula is C34H69NO5. The molecule has 1 saturated heterocycles. The van der Waals surface area contributed by atoms with Crippen LogP contribution in [0.5, 0.6) is 0 Å². The lowest BCUT2D eigenvalue weighted by Crippen LogP contribution is -2.61. The second-order valence-electron chi connectivity index (χ2n) is 12.2. The molecule has 5 atom stereocenters. The third-order valence-corrected chi connectivity index (χ3v) is 8.49. The summed E-state index contributed by atoms with van der Waals surface area (Å²) in [6.07, 6.45) is 27.1. The monoisotopic (exact) mass is 572 g/mol. The van der Waals surface area contributed by atoms with Gasteiger partial charge >= 0.3 is 0 Å². The van der Waals surface area contributed by atoms with Gasteiger partial charge in [-0.15, -0.1) is 0 Å². The second kappa shape index (κ2) is 27.6. The Hall–Kier alpha value is -0.240. The summed E-state index contributed by atoms with van der Waals surface area (Å²) in [5, 5.41) is 21.4. The fraction of sp³-hybridized carbons (Fsp3) is 1.00. The van der Waals surface area contributed by atoms with Crippen molar-refractivity contribution in [3.05, 3.63) is 0 Å². The van der Waals surface area contributed by atoms with E-state index in [0.717, 1.165) is 25.7 Å². The van der Waals surface area contributed by atoms with Crippen LogP contribution in [0.25, 0.3) is 0 Å². The van der Waals surface area contributed by atoms with Crippen LogP contribution in [-0.4, -0.2) is 60.7 Å². The Balaban J connectivity index is 2.15. The zero-order chi connectivity index (χ0) is 29.1. The van der Waals surface area contributed by atoms with Crippen molar-refractivity contribution in [1.29, 1.82) is 0 Å². The Kier molecular flexibility index (Phi) is 26.1. The molecule has 1 aliphatic rings. The summed E-state index contributed by atoms with van der Waals surface area (Å²) in [5.41, 5.74) is 5.77. The number of hydrogen-bond acceptors (Lipinski definition) is 6. The first-order valence-electron chi connectivity index (χ1n) is 17.6. The standard InChI is InChI=1S/C34H69NO5/c1-3-5-7-9-11-13-15-17-19-21-23-25-27-38-32-31(36)30(29-35)40-34(37)33(32)39-28-26-24-22-20-18-16-14-12-10-8-6-4-2/h30-34,36-37H,3-29,35H2,1-2H3/t30-,31-,32+,33-,34+/m1/s1. The lowest BCUT2D eigenvalue weighted by Gasteiger charge is -2.42. The van der Waals surface area contributed by atoms with Gasteiger partial charge < -0.3 is 30.2 Å². The van der Waals surface area contributed by atoms with E-state index in [0.29, 0.717) is 13.2 Å². The molecule has 6 heteroatoms. The first-order chi connectivity index (χ1) is 19.7. The smallest absolute Gasteiger partial charge is 0.184 e. The van der Waals surface area contributed by atoms with Gasteiger partial charge in [0.1, 0.15) is 24.4 Å². The maximum atomic E-state index is 10.8. The maximum absolute atomic E-state index is 10.8. The highest BCUT2D eigenvalue weighted by atomic mass is 16.7. The van der Waals surface area contributed by atoms with Crippen molar-refractivity contribution in [3.8, 4) is 0 Å². The van der Waals surface area contributed by atoms with Gasteiger partial charge in [0.25, 0.3) is 0 Å². The van der Waals surface area contributed by atoms with Crippen molar-refractivity contribution in [2.75, 3.05) is 19.8 Å². The van der Waals surface area contributed by atoms with Gasteiger partial charge in [0, 0.05) is 19.8 Å². The summed E-state index contributed by atoms with van der Waals surface area (Å²) in [6.45, 7) is 5.78. The number of unbranched alkanes of at least 4 members (excludes halogenated alkanes) is 22. The third-order valence-electron chi connectivity index (χ3n) is 8.49. The van der Waals surface area contributed by atoms with Gasteiger partial charge in [0.15, 0.2) is 6.29 Å². The van der Waals surface area contributed by atoms with Crippen molar-refractivity contribution >= 4 is 0 Å². The van der Waals surface area contributed by atoms with Crippen molar-refractivity contribution in [3.63, 3.8) is 0 Å². The van der Waals surface area contributed by atoms with Crippen LogP contribution in [0.4, 0.5) is 0 Å². The molecule has 0 saturated carbocycles. The number of ether oxygens (including phenoxy) is 3. The molecule has 1 aliphatic heterocycles. The lowest BCUT2D eigenvalue weighted by molar-refractivity contribution is -0.297. The van der Waals surface area contributed by atoms with Gasteiger partial charge in [-0.05, 0) is 12.8 Å². The Bertz CT molecular complexity index is 523. The predicted molar refractivity (Wildman–Crippen MR) is 168 cm³/mol. The van der Waals surface area contributed by atoms with Gasteiger partial charge in [0.05, 0.1) is 0 Å². The Morgan fingerprint density at radius 1 is 0.500 bits per heavy atom. The summed E-state index contributed by atoms with van der Waals surface area (Å²) in [4.78, 5) is 0. The topological polar surface area (TPSA) is 94.2 Å². The zero-order valence-electron chi connectivity index (χ0n) is 26.7. The van der Waals surface area contributed by atoms with Crippen LogP contribution in [0, 0.1) is 0 Å². The molecule has 0 spiro atoms. The van der Waals surface area contributed by atoms with Crippen LogP contribution < -0.4 is 5.73 Å². The zero-order valence-corrected chi connectivity index (χ0v) is 26.7. The normalized spacial score (nSPS) is 23.2. The molecule has 0 aromatic heterocycles. The summed E-state index contributed by atoms with van der Waals surface area (Å²) in [5.74, 6) is 0. The molecule has 4 N–H and O–H groups in total. The fourth-order valence-corrected chi connectivity index (χ4v) is 5.80. The first-order valence-corrected chi connectivity index (χ1v) is 17.6. The summed E-state index contributed by atoms with van der Waals surface area (Å²) in [6, 6.07) is 0. The van der Waals surface area contributed by atoms with Gasteiger partial charge in [-0.25, -0.2) is 0 Å². The van der Waals surface area contributed by atoms with E-state index in [4.69, 9.17) is 19.9 Å². The van der Waals surface area contributed by atoms with Crippen LogP contribution >= 0.6 is 0 Å². The molecule has 240 valence electrons. The quantitative estimate of drug-likeness (QED) is 0.0784. The summed E-state index contributed by atoms with van der Waals surface area (Å²) < 4.78 is 17.7. The second-order valence-corrected chi connectivity index (χ2v) is 12.2. The van der Waals surface area contributed by atoms with Crippen LogP contribution in [0.1, 0.15) is 168 Å². The summed E-state index contributed by atoms with van der Waals surface area (Å²) in [7, 11) is 0. The van der Waals surface area contributed by atoms with Crippen molar-refractivity contribution < 1.29 is 24.4 Å². The number of rotatable bonds is 29. The highest BCUT2D eigenvalue weighted by molar-refractivity contribution is 4.91. The van der Waals surface area contributed by atoms with E-state index in [1.54, 1.807) is 0 Å². The number of aliphatic hydroxyl groups is 2. The fourth-order valence-electron chi connectivity index (χ4n) is 5.80. The van der Waals surface area contributed by atoms with Crippen LogP contribution in [-0.2, 0) is 14.2 Å². The third kappa shape index (κ3) is 19.0. The van der Waals surface area contributed by atoms with Gasteiger partial charge in [-0.1, -0.05) is 155 Å². The van der Waals surface area contributed by atoms with E-state index >= 15 is 0 Å². The molecule has 0 unspecified atom stereocenters. The Labute approximate surface area is 248 Å². The minimum absolute atomic E-state index is 0.141. The molecule has 40 heavy (non-hydrogen) atoms. The Morgan fingerprint density at radius 3 is 1.18 bits per heavy atom. The SMILES string of the molecule is CCCCCCCCCCCCCCO[C@@H]1[C@@H](OCCCCCCCCCCCCCC)[C@H](O)[C@@H](CN)O[C@@H]1O. The molecule has 0 aliphatic carbocycles. The summed E-state index contributed by atoms with van der Waals surface area (Å²) >= 11 is 0. The largest absolute Gasteiger partial charge is 0.388 e. The van der Waals surface area contributed by atoms with Crippen molar-refractivity contribution in [1.82, 2.24) is 0 Å². The molecule has 0 radical (unpaired) electrons. The lowest BCUT2D eigenvalue weighted by atomic mass is 9.98. The van der Waals surface area contributed by atoms with Gasteiger partial charge in [-0.3, -0.25) is 0 Å². The minimum Gasteiger partial charge on any atom is -0.388 e. The molecule has 1 heterocycles. The average molecular weight is 572 g/mol. The Morgan fingerprint density at radius 2 is 0.825 bits per heavy atom. The molecule has 0 aromatic carbocycles. The highest BCUT2D eigenvalue weighted by Gasteiger charge is 2.45. The van der Waals surface area contributed by atoms with Crippen molar-refractivity contribution in [2.45, 2.75) is 199 Å². The maximum Gasteiger partial charge on any atom is 0.184 e. The van der Waals surface area contributed by atoms with E-state index < -0.39 is 30.7 Å². The van der Waals surface area contributed by atoms with Crippen LogP contribution in [0.15, 0.2) is 0 Å². The highest BCUT2D eigenvalue weighted by Crippen LogP contribution is 2.25. The molecule has 0 bridgehead atoms. The predicted octanol–water partition coefficient (Wildman–Crippen LogP) is 8.20. The number of hydrogen-bond donors (Lipinski definition) is 3. The van der Waals surface area contributed by atoms with Crippen LogP contribution in [0.3, 0.4) is 0 Å². The van der Waals surface area contributed by atoms with E-state index in [1.807, 2.05) is 0 Å². The number of nitrogens with two attached hydrogens (primary N) is 1. The van der Waals surface area contributed by atoms with E-state index in [1.165, 1.54) is 128 Å². The van der Waals surface area contributed by atoms with Gasteiger partial charge in [-0.2, -0.15) is 0 Å². The van der Waals surface area contributed by atoms with E-state index in [-0.39, 0.29) is 6.54 Å². The first kappa shape index (κ1) is 37.8. The molecular weight excluding hydrogens is 502 g/mol. The van der Waals surface area contributed by atoms with E-state index in [9.17, 15) is 10.2 Å².